The number of rotatable bonds is 3. The molecule has 4 rings (SSSR count). The van der Waals surface area contributed by atoms with Gasteiger partial charge in [0.25, 0.3) is 5.91 Å². The van der Waals surface area contributed by atoms with E-state index in [0.29, 0.717) is 5.56 Å². The summed E-state index contributed by atoms with van der Waals surface area (Å²) < 4.78 is 0.853. The number of carbonyl (C=O) groups excluding carboxylic acids is 1. The molecule has 0 saturated heterocycles. The molecular formula is C20H16BrN3O. The molecule has 0 unspecified atom stereocenters. The van der Waals surface area contributed by atoms with Crippen molar-refractivity contribution in [3.05, 3.63) is 82.5 Å². The van der Waals surface area contributed by atoms with Crippen LogP contribution in [0.25, 0.3) is 0 Å². The molecule has 25 heavy (non-hydrogen) atoms. The molecule has 1 amide bonds. The van der Waals surface area contributed by atoms with E-state index in [-0.39, 0.29) is 5.91 Å². The summed E-state index contributed by atoms with van der Waals surface area (Å²) in [6.07, 6.45) is 2.68. The van der Waals surface area contributed by atoms with Crippen LogP contribution in [0.1, 0.15) is 15.9 Å². The van der Waals surface area contributed by atoms with E-state index in [0.717, 1.165) is 28.9 Å². The first-order valence-corrected chi connectivity index (χ1v) is 8.89. The minimum absolute atomic E-state index is 0.150. The Bertz CT molecular complexity index is 941. The van der Waals surface area contributed by atoms with Crippen molar-refractivity contribution < 1.29 is 4.79 Å². The monoisotopic (exact) mass is 393 g/mol. The number of para-hydroxylation sites is 2. The van der Waals surface area contributed by atoms with E-state index < -0.39 is 0 Å². The van der Waals surface area contributed by atoms with Gasteiger partial charge >= 0.3 is 0 Å². The highest BCUT2D eigenvalue weighted by Crippen LogP contribution is 2.33. The number of halogens is 1. The SMILES string of the molecule is O=C(Nc1ccccc1Br)c1ccnc(N2CCc3ccccc32)c1. The van der Waals surface area contributed by atoms with Crippen molar-refractivity contribution in [3.63, 3.8) is 0 Å². The highest BCUT2D eigenvalue weighted by atomic mass is 79.9. The molecule has 0 atom stereocenters. The van der Waals surface area contributed by atoms with E-state index >= 15 is 0 Å². The molecule has 5 heteroatoms. The Morgan fingerprint density at radius 1 is 1.08 bits per heavy atom. The van der Waals surface area contributed by atoms with E-state index in [1.165, 1.54) is 11.3 Å². The lowest BCUT2D eigenvalue weighted by Gasteiger charge is -2.19. The van der Waals surface area contributed by atoms with E-state index in [1.54, 1.807) is 12.3 Å². The second-order valence-electron chi connectivity index (χ2n) is 5.87. The average Bonchev–Trinajstić information content (AvgIpc) is 3.08. The Balaban J connectivity index is 1.60. The van der Waals surface area contributed by atoms with Crippen LogP contribution in [-0.4, -0.2) is 17.4 Å². The Hall–Kier alpha value is -2.66. The van der Waals surface area contributed by atoms with Crippen LogP contribution in [-0.2, 0) is 6.42 Å². The van der Waals surface area contributed by atoms with Gasteiger partial charge in [0.2, 0.25) is 0 Å². The Morgan fingerprint density at radius 3 is 2.76 bits per heavy atom. The maximum absolute atomic E-state index is 12.6. The summed E-state index contributed by atoms with van der Waals surface area (Å²) in [5, 5.41) is 2.93. The first-order chi connectivity index (χ1) is 12.2. The lowest BCUT2D eigenvalue weighted by Crippen LogP contribution is -2.17. The van der Waals surface area contributed by atoms with Crippen LogP contribution in [0.3, 0.4) is 0 Å². The lowest BCUT2D eigenvalue weighted by molar-refractivity contribution is 0.102. The summed E-state index contributed by atoms with van der Waals surface area (Å²) in [6, 6.07) is 19.4. The number of anilines is 3. The number of pyridine rings is 1. The fourth-order valence-electron chi connectivity index (χ4n) is 3.04. The van der Waals surface area contributed by atoms with Crippen molar-refractivity contribution in [2.24, 2.45) is 0 Å². The zero-order valence-corrected chi connectivity index (χ0v) is 15.0. The van der Waals surface area contributed by atoms with Crippen molar-refractivity contribution in [3.8, 4) is 0 Å². The van der Waals surface area contributed by atoms with Gasteiger partial charge in [-0.05, 0) is 58.2 Å². The summed E-state index contributed by atoms with van der Waals surface area (Å²) in [5.41, 5.74) is 3.81. The van der Waals surface area contributed by atoms with E-state index in [2.05, 4.69) is 49.3 Å². The zero-order chi connectivity index (χ0) is 17.2. The number of aromatic nitrogens is 1. The molecule has 2 aromatic carbocycles. The van der Waals surface area contributed by atoms with Crippen molar-refractivity contribution in [2.75, 3.05) is 16.8 Å². The molecule has 124 valence electrons. The maximum Gasteiger partial charge on any atom is 0.255 e. The summed E-state index contributed by atoms with van der Waals surface area (Å²) in [4.78, 5) is 19.2. The average molecular weight is 394 g/mol. The fourth-order valence-corrected chi connectivity index (χ4v) is 3.42. The molecule has 4 nitrogen and oxygen atoms in total. The molecule has 3 aromatic rings. The van der Waals surface area contributed by atoms with Crippen LogP contribution < -0.4 is 10.2 Å². The van der Waals surface area contributed by atoms with Gasteiger partial charge in [0.05, 0.1) is 5.69 Å². The van der Waals surface area contributed by atoms with Gasteiger partial charge in [-0.2, -0.15) is 0 Å². The number of nitrogens with zero attached hydrogens (tertiary/aromatic N) is 2. The number of fused-ring (bicyclic) bond motifs is 1. The minimum Gasteiger partial charge on any atom is -0.326 e. The number of amides is 1. The molecule has 0 radical (unpaired) electrons. The smallest absolute Gasteiger partial charge is 0.255 e. The van der Waals surface area contributed by atoms with E-state index in [1.807, 2.05) is 36.4 Å². The molecule has 1 aliphatic rings. The van der Waals surface area contributed by atoms with E-state index in [4.69, 9.17) is 0 Å². The van der Waals surface area contributed by atoms with Gasteiger partial charge in [-0.3, -0.25) is 4.79 Å². The van der Waals surface area contributed by atoms with Crippen LogP contribution in [0, 0.1) is 0 Å². The highest BCUT2D eigenvalue weighted by molar-refractivity contribution is 9.10. The highest BCUT2D eigenvalue weighted by Gasteiger charge is 2.21. The first-order valence-electron chi connectivity index (χ1n) is 8.10. The number of carbonyl (C=O) groups is 1. The molecule has 1 N–H and O–H groups in total. The molecule has 1 aromatic heterocycles. The number of nitrogens with one attached hydrogen (secondary N) is 1. The van der Waals surface area contributed by atoms with Gasteiger partial charge in [-0.25, -0.2) is 4.98 Å². The number of hydrogen-bond acceptors (Lipinski definition) is 3. The van der Waals surface area contributed by atoms with Gasteiger partial charge in [-0.15, -0.1) is 0 Å². The zero-order valence-electron chi connectivity index (χ0n) is 13.4. The van der Waals surface area contributed by atoms with Gasteiger partial charge in [0, 0.05) is 28.5 Å². The summed E-state index contributed by atoms with van der Waals surface area (Å²) >= 11 is 3.45. The molecule has 0 bridgehead atoms. The van der Waals surface area contributed by atoms with Crippen molar-refractivity contribution in [1.82, 2.24) is 4.98 Å². The van der Waals surface area contributed by atoms with Gasteiger partial charge in [0.15, 0.2) is 0 Å². The van der Waals surface area contributed by atoms with E-state index in [9.17, 15) is 4.79 Å². The molecular weight excluding hydrogens is 378 g/mol. The summed E-state index contributed by atoms with van der Waals surface area (Å²) in [6.45, 7) is 0.877. The molecule has 0 spiro atoms. The van der Waals surface area contributed by atoms with Crippen LogP contribution in [0.15, 0.2) is 71.3 Å². The molecule has 0 aliphatic carbocycles. The van der Waals surface area contributed by atoms with Crippen molar-refractivity contribution in [2.45, 2.75) is 6.42 Å². The van der Waals surface area contributed by atoms with Gasteiger partial charge in [0.1, 0.15) is 5.82 Å². The maximum atomic E-state index is 12.6. The minimum atomic E-state index is -0.150. The van der Waals surface area contributed by atoms with Crippen LogP contribution >= 0.6 is 15.9 Å². The third kappa shape index (κ3) is 3.15. The lowest BCUT2D eigenvalue weighted by atomic mass is 10.2. The molecule has 1 aliphatic heterocycles. The number of benzene rings is 2. The van der Waals surface area contributed by atoms with Crippen molar-refractivity contribution in [1.29, 1.82) is 0 Å². The van der Waals surface area contributed by atoms with Gasteiger partial charge in [-0.1, -0.05) is 30.3 Å². The summed E-state index contributed by atoms with van der Waals surface area (Å²) in [5.74, 6) is 0.646. The number of hydrogen-bond donors (Lipinski definition) is 1. The Kier molecular flexibility index (Phi) is 4.24. The first kappa shape index (κ1) is 15.8. The normalized spacial score (nSPS) is 12.8. The van der Waals surface area contributed by atoms with Crippen LogP contribution in [0.4, 0.5) is 17.2 Å². The Morgan fingerprint density at radius 2 is 1.88 bits per heavy atom. The summed E-state index contributed by atoms with van der Waals surface area (Å²) in [7, 11) is 0. The largest absolute Gasteiger partial charge is 0.326 e. The molecule has 0 fully saturated rings. The van der Waals surface area contributed by atoms with Crippen LogP contribution in [0.5, 0.6) is 0 Å². The second kappa shape index (κ2) is 6.69. The third-order valence-electron chi connectivity index (χ3n) is 4.29. The fraction of sp³-hybridized carbons (Fsp3) is 0.100. The van der Waals surface area contributed by atoms with Gasteiger partial charge < -0.3 is 10.2 Å². The Labute approximate surface area is 154 Å². The molecule has 0 saturated carbocycles. The predicted octanol–water partition coefficient (Wildman–Crippen LogP) is 4.79. The topological polar surface area (TPSA) is 45.2 Å². The van der Waals surface area contributed by atoms with Crippen molar-refractivity contribution >= 4 is 39.0 Å². The predicted molar refractivity (Wildman–Crippen MR) is 103 cm³/mol. The molecule has 2 heterocycles. The van der Waals surface area contributed by atoms with Crippen LogP contribution in [0.2, 0.25) is 0 Å². The third-order valence-corrected chi connectivity index (χ3v) is 4.98. The quantitative estimate of drug-likeness (QED) is 0.695. The standard InChI is InChI=1S/C20H16BrN3O/c21-16-6-2-3-7-17(16)23-20(25)15-9-11-22-19(13-15)24-12-10-14-5-1-4-8-18(14)24/h1-9,11,13H,10,12H2,(H,23,25). The second-order valence-corrected chi connectivity index (χ2v) is 6.72.